The number of rotatable bonds is 5. The van der Waals surface area contributed by atoms with Crippen LogP contribution >= 0.6 is 11.3 Å². The van der Waals surface area contributed by atoms with Gasteiger partial charge in [0.25, 0.3) is 0 Å². The molecule has 26 heavy (non-hydrogen) atoms. The van der Waals surface area contributed by atoms with Gasteiger partial charge in [-0.25, -0.2) is 0 Å². The van der Waals surface area contributed by atoms with Crippen molar-refractivity contribution in [2.24, 2.45) is 11.7 Å². The van der Waals surface area contributed by atoms with Gasteiger partial charge in [0, 0.05) is 36.5 Å². The Hall–Kier alpha value is -1.69. The van der Waals surface area contributed by atoms with E-state index in [2.05, 4.69) is 45.9 Å². The molecular weight excluding hydrogens is 342 g/mol. The third kappa shape index (κ3) is 3.85. The number of thiophene rings is 1. The predicted octanol–water partition coefficient (Wildman–Crippen LogP) is 3.09. The highest BCUT2D eigenvalue weighted by Crippen LogP contribution is 2.30. The lowest BCUT2D eigenvalue weighted by Gasteiger charge is -2.35. The van der Waals surface area contributed by atoms with Crippen LogP contribution in [-0.4, -0.2) is 29.9 Å². The van der Waals surface area contributed by atoms with E-state index in [4.69, 9.17) is 5.73 Å². The third-order valence-corrected chi connectivity index (χ3v) is 6.80. The molecule has 1 fully saturated rings. The summed E-state index contributed by atoms with van der Waals surface area (Å²) >= 11 is 1.86. The van der Waals surface area contributed by atoms with Crippen LogP contribution in [0.1, 0.15) is 41.3 Å². The summed E-state index contributed by atoms with van der Waals surface area (Å²) in [7, 11) is 0. The number of carbonyl (C=O) groups is 1. The number of nitrogens with zero attached hydrogens (tertiary/aromatic N) is 1. The Morgan fingerprint density at radius 2 is 2.12 bits per heavy atom. The normalized spacial score (nSPS) is 24.2. The lowest BCUT2D eigenvalue weighted by atomic mass is 10.0. The van der Waals surface area contributed by atoms with Gasteiger partial charge in [-0.3, -0.25) is 9.69 Å². The number of hydrogen-bond acceptors (Lipinski definition) is 4. The van der Waals surface area contributed by atoms with Crippen molar-refractivity contribution < 1.29 is 4.79 Å². The maximum absolute atomic E-state index is 12.6. The molecular formula is C21H27N3OS. The molecule has 1 amide bonds. The Morgan fingerprint density at radius 1 is 1.27 bits per heavy atom. The summed E-state index contributed by atoms with van der Waals surface area (Å²) in [6.07, 6.45) is 3.81. The minimum absolute atomic E-state index is 0.0891. The van der Waals surface area contributed by atoms with Gasteiger partial charge in [-0.2, -0.15) is 0 Å². The van der Waals surface area contributed by atoms with Crippen LogP contribution in [-0.2, 0) is 17.8 Å². The van der Waals surface area contributed by atoms with Crippen molar-refractivity contribution in [3.05, 3.63) is 57.8 Å². The molecule has 2 heterocycles. The van der Waals surface area contributed by atoms with Gasteiger partial charge < -0.3 is 11.1 Å². The molecule has 0 bridgehead atoms. The first kappa shape index (κ1) is 17.7. The monoisotopic (exact) mass is 369 g/mol. The number of amides is 1. The quantitative estimate of drug-likeness (QED) is 0.851. The molecule has 1 aromatic carbocycles. The van der Waals surface area contributed by atoms with Crippen LogP contribution in [0.3, 0.4) is 0 Å². The molecule has 1 aliphatic carbocycles. The van der Waals surface area contributed by atoms with Crippen molar-refractivity contribution in [3.8, 4) is 0 Å². The Labute approximate surface area is 159 Å². The number of fused-ring (bicyclic) bond motifs is 1. The van der Waals surface area contributed by atoms with Gasteiger partial charge in [0.2, 0.25) is 5.91 Å². The van der Waals surface area contributed by atoms with E-state index in [1.54, 1.807) is 0 Å². The van der Waals surface area contributed by atoms with E-state index < -0.39 is 0 Å². The summed E-state index contributed by atoms with van der Waals surface area (Å²) in [5, 5.41) is 5.42. The van der Waals surface area contributed by atoms with Gasteiger partial charge in [-0.1, -0.05) is 30.3 Å². The summed E-state index contributed by atoms with van der Waals surface area (Å²) in [6.45, 7) is 2.66. The molecule has 1 saturated carbocycles. The molecule has 3 atom stereocenters. The molecule has 5 heteroatoms. The minimum atomic E-state index is 0.0891. The molecule has 2 aromatic rings. The van der Waals surface area contributed by atoms with E-state index in [9.17, 15) is 4.79 Å². The van der Waals surface area contributed by atoms with E-state index in [1.165, 1.54) is 16.0 Å². The highest BCUT2D eigenvalue weighted by atomic mass is 32.1. The topological polar surface area (TPSA) is 58.4 Å². The van der Waals surface area contributed by atoms with Crippen LogP contribution in [0, 0.1) is 5.92 Å². The Kier molecular flexibility index (Phi) is 5.38. The molecule has 0 radical (unpaired) electrons. The van der Waals surface area contributed by atoms with Crippen LogP contribution in [0.2, 0.25) is 0 Å². The first-order chi connectivity index (χ1) is 12.7. The van der Waals surface area contributed by atoms with Gasteiger partial charge in [-0.15, -0.1) is 11.3 Å². The second-order valence-corrected chi connectivity index (χ2v) is 8.53. The number of carbonyl (C=O) groups excluding carboxylic acids is 1. The first-order valence-electron chi connectivity index (χ1n) is 9.58. The maximum atomic E-state index is 12.6. The smallest absolute Gasteiger partial charge is 0.223 e. The second kappa shape index (κ2) is 7.91. The van der Waals surface area contributed by atoms with Gasteiger partial charge in [-0.05, 0) is 48.3 Å². The largest absolute Gasteiger partial charge is 0.354 e. The zero-order valence-corrected chi connectivity index (χ0v) is 15.9. The van der Waals surface area contributed by atoms with Crippen molar-refractivity contribution in [3.63, 3.8) is 0 Å². The highest BCUT2D eigenvalue weighted by Gasteiger charge is 2.30. The Balaban J connectivity index is 1.46. The van der Waals surface area contributed by atoms with E-state index in [1.807, 2.05) is 17.4 Å². The zero-order chi connectivity index (χ0) is 17.9. The number of nitrogens with two attached hydrogens (primary N) is 1. The average molecular weight is 370 g/mol. The Bertz CT molecular complexity index is 745. The van der Waals surface area contributed by atoms with E-state index in [0.29, 0.717) is 6.54 Å². The van der Waals surface area contributed by atoms with E-state index in [-0.39, 0.29) is 23.9 Å². The number of hydrogen-bond donors (Lipinski definition) is 2. The molecule has 4 nitrogen and oxygen atoms in total. The van der Waals surface area contributed by atoms with E-state index >= 15 is 0 Å². The van der Waals surface area contributed by atoms with Gasteiger partial charge in [0.1, 0.15) is 0 Å². The second-order valence-electron chi connectivity index (χ2n) is 7.53. The van der Waals surface area contributed by atoms with Crippen molar-refractivity contribution in [1.29, 1.82) is 0 Å². The first-order valence-corrected chi connectivity index (χ1v) is 10.5. The molecule has 1 aliphatic heterocycles. The lowest BCUT2D eigenvalue weighted by Crippen LogP contribution is -2.41. The Morgan fingerprint density at radius 3 is 2.88 bits per heavy atom. The van der Waals surface area contributed by atoms with E-state index in [0.717, 1.165) is 38.8 Å². The van der Waals surface area contributed by atoms with Gasteiger partial charge in [0.15, 0.2) is 0 Å². The predicted molar refractivity (Wildman–Crippen MR) is 106 cm³/mol. The van der Waals surface area contributed by atoms with Crippen LogP contribution in [0.4, 0.5) is 0 Å². The molecule has 3 N–H and O–H groups in total. The van der Waals surface area contributed by atoms with Crippen LogP contribution < -0.4 is 11.1 Å². The van der Waals surface area contributed by atoms with Crippen molar-refractivity contribution in [1.82, 2.24) is 10.2 Å². The molecule has 4 rings (SSSR count). The average Bonchev–Trinajstić information content (AvgIpc) is 3.31. The SMILES string of the molecule is NC1CCC(C(=O)NCC(c2ccccc2)N2CCc3sccc3C2)C1. The molecule has 3 unspecified atom stereocenters. The van der Waals surface area contributed by atoms with Gasteiger partial charge in [0.05, 0.1) is 6.04 Å². The molecule has 0 spiro atoms. The third-order valence-electron chi connectivity index (χ3n) is 5.78. The van der Waals surface area contributed by atoms with Gasteiger partial charge >= 0.3 is 0 Å². The summed E-state index contributed by atoms with van der Waals surface area (Å²) < 4.78 is 0. The van der Waals surface area contributed by atoms with Crippen molar-refractivity contribution in [2.75, 3.05) is 13.1 Å². The highest BCUT2D eigenvalue weighted by molar-refractivity contribution is 7.10. The van der Waals surface area contributed by atoms with Crippen molar-refractivity contribution in [2.45, 2.75) is 44.3 Å². The summed E-state index contributed by atoms with van der Waals surface area (Å²) in [6, 6.07) is 13.2. The number of nitrogens with one attached hydrogen (secondary N) is 1. The standard InChI is InChI=1S/C21H27N3OS/c22-18-7-6-16(12-18)21(25)23-13-19(15-4-2-1-3-5-15)24-10-8-20-17(14-24)9-11-26-20/h1-5,9,11,16,18-19H,6-8,10,12-14,22H2,(H,23,25). The molecule has 1 aromatic heterocycles. The fraction of sp³-hybridized carbons (Fsp3) is 0.476. The minimum Gasteiger partial charge on any atom is -0.354 e. The maximum Gasteiger partial charge on any atom is 0.223 e. The summed E-state index contributed by atoms with van der Waals surface area (Å²) in [4.78, 5) is 16.6. The molecule has 0 saturated heterocycles. The van der Waals surface area contributed by atoms with Crippen LogP contribution in [0.25, 0.3) is 0 Å². The van der Waals surface area contributed by atoms with Crippen LogP contribution in [0.5, 0.6) is 0 Å². The fourth-order valence-corrected chi connectivity index (χ4v) is 5.16. The zero-order valence-electron chi connectivity index (χ0n) is 15.1. The number of benzene rings is 1. The summed E-state index contributed by atoms with van der Waals surface area (Å²) in [5.74, 6) is 0.262. The van der Waals surface area contributed by atoms with Crippen molar-refractivity contribution >= 4 is 17.2 Å². The van der Waals surface area contributed by atoms with Crippen LogP contribution in [0.15, 0.2) is 41.8 Å². The molecule has 138 valence electrons. The lowest BCUT2D eigenvalue weighted by molar-refractivity contribution is -0.125. The summed E-state index contributed by atoms with van der Waals surface area (Å²) in [5.41, 5.74) is 8.69. The molecule has 2 aliphatic rings. The fourth-order valence-electron chi connectivity index (χ4n) is 4.27.